The summed E-state index contributed by atoms with van der Waals surface area (Å²) < 4.78 is 0. The van der Waals surface area contributed by atoms with E-state index in [0.717, 1.165) is 25.8 Å². The van der Waals surface area contributed by atoms with E-state index in [-0.39, 0.29) is 11.6 Å². The van der Waals surface area contributed by atoms with Crippen LogP contribution in [-0.2, 0) is 0 Å². The number of carboxylic acids is 1. The number of aromatic carboxylic acids is 1. The number of hydrogen-bond donors (Lipinski definition) is 2. The number of carbonyl (C=O) groups excluding carboxylic acids is 1. The summed E-state index contributed by atoms with van der Waals surface area (Å²) in [6, 6.07) is 5.13. The Balaban J connectivity index is 2.14. The van der Waals surface area contributed by atoms with E-state index in [4.69, 9.17) is 5.11 Å². The Labute approximate surface area is 118 Å². The molecule has 1 aromatic rings. The molecule has 1 fully saturated rings. The van der Waals surface area contributed by atoms with E-state index in [0.29, 0.717) is 17.3 Å². The van der Waals surface area contributed by atoms with Gasteiger partial charge in [0.25, 0.3) is 0 Å². The highest BCUT2D eigenvalue weighted by Crippen LogP contribution is 2.28. The molecule has 0 atom stereocenters. The van der Waals surface area contributed by atoms with Crippen molar-refractivity contribution < 1.29 is 14.7 Å². The standard InChI is InChI=1S/C15H20N2O3/c1-3-9-17(11-7-8-11)15(20)16-13-6-4-5-12(10(13)2)14(18)19/h4-6,11H,3,7-9H2,1-2H3,(H,16,20)(H,18,19). The molecule has 20 heavy (non-hydrogen) atoms. The summed E-state index contributed by atoms with van der Waals surface area (Å²) in [5.74, 6) is -0.980. The van der Waals surface area contributed by atoms with Crippen molar-refractivity contribution in [2.24, 2.45) is 0 Å². The number of nitrogens with zero attached hydrogens (tertiary/aromatic N) is 1. The first kappa shape index (κ1) is 14.4. The van der Waals surface area contributed by atoms with Gasteiger partial charge in [0.2, 0.25) is 0 Å². The minimum atomic E-state index is -0.980. The van der Waals surface area contributed by atoms with Crippen molar-refractivity contribution >= 4 is 17.7 Å². The Morgan fingerprint density at radius 1 is 1.40 bits per heavy atom. The predicted molar refractivity (Wildman–Crippen MR) is 77.2 cm³/mol. The lowest BCUT2D eigenvalue weighted by atomic mass is 10.1. The Kier molecular flexibility index (Phi) is 4.27. The fraction of sp³-hybridized carbons (Fsp3) is 0.467. The van der Waals surface area contributed by atoms with Crippen LogP contribution in [0.4, 0.5) is 10.5 Å². The van der Waals surface area contributed by atoms with Crippen LogP contribution in [-0.4, -0.2) is 34.6 Å². The highest BCUT2D eigenvalue weighted by molar-refractivity contribution is 5.95. The second-order valence-corrected chi connectivity index (χ2v) is 5.14. The van der Waals surface area contributed by atoms with Gasteiger partial charge in [-0.1, -0.05) is 13.0 Å². The van der Waals surface area contributed by atoms with Gasteiger partial charge in [0.15, 0.2) is 0 Å². The van der Waals surface area contributed by atoms with E-state index in [1.165, 1.54) is 6.07 Å². The topological polar surface area (TPSA) is 69.6 Å². The van der Waals surface area contributed by atoms with Crippen molar-refractivity contribution in [1.29, 1.82) is 0 Å². The molecule has 2 rings (SSSR count). The molecular weight excluding hydrogens is 256 g/mol. The maximum Gasteiger partial charge on any atom is 0.336 e. The quantitative estimate of drug-likeness (QED) is 0.868. The lowest BCUT2D eigenvalue weighted by Crippen LogP contribution is -2.37. The predicted octanol–water partition coefficient (Wildman–Crippen LogP) is 3.10. The third-order valence-electron chi connectivity index (χ3n) is 3.52. The average Bonchev–Trinajstić information content (AvgIpc) is 3.22. The number of anilines is 1. The lowest BCUT2D eigenvalue weighted by Gasteiger charge is -2.23. The molecule has 2 amide bonds. The SMILES string of the molecule is CCCN(C(=O)Nc1cccc(C(=O)O)c1C)C1CC1. The highest BCUT2D eigenvalue weighted by atomic mass is 16.4. The fourth-order valence-corrected chi connectivity index (χ4v) is 2.27. The van der Waals surface area contributed by atoms with Crippen LogP contribution in [0.2, 0.25) is 0 Å². The van der Waals surface area contributed by atoms with Crippen LogP contribution in [0.3, 0.4) is 0 Å². The Morgan fingerprint density at radius 2 is 2.10 bits per heavy atom. The van der Waals surface area contributed by atoms with Crippen LogP contribution < -0.4 is 5.32 Å². The zero-order valence-electron chi connectivity index (χ0n) is 11.8. The van der Waals surface area contributed by atoms with Gasteiger partial charge in [-0.2, -0.15) is 0 Å². The first-order chi connectivity index (χ1) is 9.54. The molecular formula is C15H20N2O3. The molecule has 1 saturated carbocycles. The van der Waals surface area contributed by atoms with Crippen LogP contribution >= 0.6 is 0 Å². The van der Waals surface area contributed by atoms with Gasteiger partial charge < -0.3 is 15.3 Å². The molecule has 1 aliphatic carbocycles. The average molecular weight is 276 g/mol. The van der Waals surface area contributed by atoms with Gasteiger partial charge in [-0.25, -0.2) is 9.59 Å². The van der Waals surface area contributed by atoms with Crippen molar-refractivity contribution in [2.75, 3.05) is 11.9 Å². The Bertz CT molecular complexity index is 524. The van der Waals surface area contributed by atoms with Crippen LogP contribution in [0, 0.1) is 6.92 Å². The van der Waals surface area contributed by atoms with Gasteiger partial charge in [0.05, 0.1) is 5.56 Å². The smallest absolute Gasteiger partial charge is 0.336 e. The van der Waals surface area contributed by atoms with E-state index in [1.54, 1.807) is 19.1 Å². The second-order valence-electron chi connectivity index (χ2n) is 5.14. The molecule has 0 radical (unpaired) electrons. The molecule has 2 N–H and O–H groups in total. The number of nitrogens with one attached hydrogen (secondary N) is 1. The summed E-state index contributed by atoms with van der Waals surface area (Å²) in [7, 11) is 0. The third-order valence-corrected chi connectivity index (χ3v) is 3.52. The zero-order chi connectivity index (χ0) is 14.7. The van der Waals surface area contributed by atoms with Gasteiger partial charge in [0, 0.05) is 18.3 Å². The molecule has 0 spiro atoms. The van der Waals surface area contributed by atoms with E-state index >= 15 is 0 Å². The second kappa shape index (κ2) is 5.94. The van der Waals surface area contributed by atoms with Crippen LogP contribution in [0.1, 0.15) is 42.1 Å². The van der Waals surface area contributed by atoms with E-state index in [1.807, 2.05) is 11.8 Å². The van der Waals surface area contributed by atoms with Gasteiger partial charge in [-0.15, -0.1) is 0 Å². The van der Waals surface area contributed by atoms with Crippen molar-refractivity contribution in [1.82, 2.24) is 4.90 Å². The summed E-state index contributed by atoms with van der Waals surface area (Å²) in [6.45, 7) is 4.48. The monoisotopic (exact) mass is 276 g/mol. The number of hydrogen-bond acceptors (Lipinski definition) is 2. The third kappa shape index (κ3) is 3.10. The number of benzene rings is 1. The molecule has 0 unspecified atom stereocenters. The van der Waals surface area contributed by atoms with Gasteiger partial charge in [-0.3, -0.25) is 0 Å². The van der Waals surface area contributed by atoms with E-state index < -0.39 is 5.97 Å². The van der Waals surface area contributed by atoms with Crippen molar-refractivity contribution in [3.8, 4) is 0 Å². The number of urea groups is 1. The molecule has 0 saturated heterocycles. The number of carboxylic acid groups (broad SMARTS) is 1. The van der Waals surface area contributed by atoms with E-state index in [9.17, 15) is 9.59 Å². The molecule has 0 aliphatic heterocycles. The summed E-state index contributed by atoms with van der Waals surface area (Å²) in [4.78, 5) is 25.2. The molecule has 1 aliphatic rings. The summed E-state index contributed by atoms with van der Waals surface area (Å²) in [6.07, 6.45) is 3.03. The summed E-state index contributed by atoms with van der Waals surface area (Å²) in [5.41, 5.74) is 1.37. The number of rotatable bonds is 5. The van der Waals surface area contributed by atoms with Gasteiger partial charge in [-0.05, 0) is 43.9 Å². The molecule has 5 nitrogen and oxygen atoms in total. The van der Waals surface area contributed by atoms with Crippen LogP contribution in [0.25, 0.3) is 0 Å². The maximum atomic E-state index is 12.3. The summed E-state index contributed by atoms with van der Waals surface area (Å²) in [5, 5.41) is 11.9. The van der Waals surface area contributed by atoms with Crippen LogP contribution in [0.15, 0.2) is 18.2 Å². The van der Waals surface area contributed by atoms with Gasteiger partial charge in [0.1, 0.15) is 0 Å². The molecule has 5 heteroatoms. The Morgan fingerprint density at radius 3 is 2.65 bits per heavy atom. The first-order valence-corrected chi connectivity index (χ1v) is 6.95. The molecule has 1 aromatic carbocycles. The molecule has 0 heterocycles. The minimum Gasteiger partial charge on any atom is -0.478 e. The molecule has 108 valence electrons. The minimum absolute atomic E-state index is 0.139. The molecule has 0 bridgehead atoms. The lowest BCUT2D eigenvalue weighted by molar-refractivity contribution is 0.0696. The maximum absolute atomic E-state index is 12.3. The van der Waals surface area contributed by atoms with Crippen molar-refractivity contribution in [3.05, 3.63) is 29.3 Å². The normalized spacial score (nSPS) is 13.9. The number of carbonyl (C=O) groups is 2. The highest BCUT2D eigenvalue weighted by Gasteiger charge is 2.32. The zero-order valence-corrected chi connectivity index (χ0v) is 11.8. The fourth-order valence-electron chi connectivity index (χ4n) is 2.27. The first-order valence-electron chi connectivity index (χ1n) is 6.95. The molecule has 0 aromatic heterocycles. The largest absolute Gasteiger partial charge is 0.478 e. The summed E-state index contributed by atoms with van der Waals surface area (Å²) >= 11 is 0. The van der Waals surface area contributed by atoms with Crippen molar-refractivity contribution in [2.45, 2.75) is 39.2 Å². The van der Waals surface area contributed by atoms with Crippen molar-refractivity contribution in [3.63, 3.8) is 0 Å². The Hall–Kier alpha value is -2.04. The van der Waals surface area contributed by atoms with Gasteiger partial charge >= 0.3 is 12.0 Å². The van der Waals surface area contributed by atoms with E-state index in [2.05, 4.69) is 5.32 Å². The number of amides is 2. The van der Waals surface area contributed by atoms with Crippen LogP contribution in [0.5, 0.6) is 0 Å².